The fourth-order valence-electron chi connectivity index (χ4n) is 2.53. The molecule has 0 aliphatic rings. The summed E-state index contributed by atoms with van der Waals surface area (Å²) in [5, 5.41) is 2.96. The lowest BCUT2D eigenvalue weighted by atomic mass is 10.1. The normalized spacial score (nSPS) is 10.3. The molecule has 1 amide bonds. The van der Waals surface area contributed by atoms with Gasteiger partial charge in [0.25, 0.3) is 0 Å². The minimum atomic E-state index is -0.535. The van der Waals surface area contributed by atoms with Gasteiger partial charge in [-0.25, -0.2) is 4.79 Å². The molecule has 2 aromatic carbocycles. The molecule has 0 aliphatic carbocycles. The Morgan fingerprint density at radius 2 is 1.89 bits per heavy atom. The number of aryl methyl sites for hydroxylation is 1. The van der Waals surface area contributed by atoms with E-state index in [1.807, 2.05) is 31.2 Å². The zero-order valence-corrected chi connectivity index (χ0v) is 17.0. The number of nitrogens with one attached hydrogen (secondary N) is 1. The van der Waals surface area contributed by atoms with E-state index < -0.39 is 5.97 Å². The van der Waals surface area contributed by atoms with E-state index in [2.05, 4.69) is 5.32 Å². The van der Waals surface area contributed by atoms with Gasteiger partial charge in [0.1, 0.15) is 17.1 Å². The Morgan fingerprint density at radius 1 is 1.14 bits per heavy atom. The molecule has 0 aromatic heterocycles. The van der Waals surface area contributed by atoms with Crippen LogP contribution in [0.1, 0.15) is 35.7 Å². The van der Waals surface area contributed by atoms with Crippen LogP contribution < -0.4 is 14.8 Å². The summed E-state index contributed by atoms with van der Waals surface area (Å²) in [7, 11) is 1.43. The van der Waals surface area contributed by atoms with Crippen molar-refractivity contribution in [3.05, 3.63) is 52.5 Å². The Kier molecular flexibility index (Phi) is 8.14. The fourth-order valence-corrected chi connectivity index (χ4v) is 2.74. The zero-order valence-electron chi connectivity index (χ0n) is 16.2. The predicted octanol–water partition coefficient (Wildman–Crippen LogP) is 4.63. The van der Waals surface area contributed by atoms with Gasteiger partial charge >= 0.3 is 5.97 Å². The first-order valence-corrected chi connectivity index (χ1v) is 9.37. The molecule has 0 saturated carbocycles. The van der Waals surface area contributed by atoms with Crippen molar-refractivity contribution in [2.24, 2.45) is 0 Å². The summed E-state index contributed by atoms with van der Waals surface area (Å²) in [6.07, 6.45) is 0.819. The molecule has 0 saturated heterocycles. The van der Waals surface area contributed by atoms with Crippen LogP contribution in [-0.4, -0.2) is 32.2 Å². The summed E-state index contributed by atoms with van der Waals surface area (Å²) >= 11 is 6.20. The zero-order chi connectivity index (χ0) is 20.5. The van der Waals surface area contributed by atoms with Gasteiger partial charge < -0.3 is 19.5 Å². The van der Waals surface area contributed by atoms with Crippen LogP contribution in [0.3, 0.4) is 0 Å². The molecule has 1 N–H and O–H groups in total. The summed E-state index contributed by atoms with van der Waals surface area (Å²) in [5.41, 5.74) is 1.63. The molecule has 2 aromatic rings. The molecule has 0 unspecified atom stereocenters. The lowest BCUT2D eigenvalue weighted by Crippen LogP contribution is -2.14. The summed E-state index contributed by atoms with van der Waals surface area (Å²) < 4.78 is 15.9. The van der Waals surface area contributed by atoms with E-state index in [4.69, 9.17) is 25.8 Å². The number of carbonyl (C=O) groups excluding carboxylic acids is 2. The van der Waals surface area contributed by atoms with Crippen LogP contribution in [0.2, 0.25) is 5.02 Å². The van der Waals surface area contributed by atoms with Gasteiger partial charge in [-0.1, -0.05) is 29.8 Å². The molecule has 0 atom stereocenters. The molecule has 7 heteroatoms. The lowest BCUT2D eigenvalue weighted by Gasteiger charge is -2.13. The Morgan fingerprint density at radius 3 is 2.57 bits per heavy atom. The Bertz CT molecular complexity index is 838. The van der Waals surface area contributed by atoms with Gasteiger partial charge in [0.2, 0.25) is 5.91 Å². The third-order valence-corrected chi connectivity index (χ3v) is 4.27. The lowest BCUT2D eigenvalue weighted by molar-refractivity contribution is -0.116. The van der Waals surface area contributed by atoms with Gasteiger partial charge in [-0.15, -0.1) is 0 Å². The van der Waals surface area contributed by atoms with Gasteiger partial charge in [0.15, 0.2) is 0 Å². The molecule has 0 bridgehead atoms. The van der Waals surface area contributed by atoms with E-state index in [0.29, 0.717) is 18.7 Å². The number of rotatable bonds is 9. The van der Waals surface area contributed by atoms with Crippen LogP contribution >= 0.6 is 11.6 Å². The number of hydrogen-bond acceptors (Lipinski definition) is 5. The largest absolute Gasteiger partial charge is 0.496 e. The molecule has 0 radical (unpaired) electrons. The van der Waals surface area contributed by atoms with Crippen molar-refractivity contribution in [2.45, 2.75) is 26.7 Å². The van der Waals surface area contributed by atoms with E-state index in [1.165, 1.54) is 19.2 Å². The van der Waals surface area contributed by atoms with Crippen LogP contribution in [0.5, 0.6) is 11.5 Å². The van der Waals surface area contributed by atoms with Crippen LogP contribution in [-0.2, 0) is 9.53 Å². The number of esters is 1. The maximum absolute atomic E-state index is 12.2. The highest BCUT2D eigenvalue weighted by atomic mass is 35.5. The standard InChI is InChI=1S/C21H24ClNO5/c1-4-27-21(25)15-12-16(22)17(13-19(15)26-3)23-20(24)10-7-11-28-18-9-6-5-8-14(18)2/h5-6,8-9,12-13H,4,7,10-11H2,1-3H3,(H,23,24). The van der Waals surface area contributed by atoms with Crippen LogP contribution in [0, 0.1) is 6.92 Å². The van der Waals surface area contributed by atoms with Gasteiger partial charge in [-0.05, 0) is 38.0 Å². The second-order valence-electron chi connectivity index (χ2n) is 6.02. The van der Waals surface area contributed by atoms with Crippen molar-refractivity contribution < 1.29 is 23.8 Å². The van der Waals surface area contributed by atoms with E-state index in [1.54, 1.807) is 6.92 Å². The highest BCUT2D eigenvalue weighted by Crippen LogP contribution is 2.31. The number of anilines is 1. The van der Waals surface area contributed by atoms with Gasteiger partial charge in [0.05, 0.1) is 31.0 Å². The summed E-state index contributed by atoms with van der Waals surface area (Å²) in [4.78, 5) is 24.2. The van der Waals surface area contributed by atoms with Gasteiger partial charge in [0, 0.05) is 12.5 Å². The highest BCUT2D eigenvalue weighted by Gasteiger charge is 2.18. The smallest absolute Gasteiger partial charge is 0.341 e. The van der Waals surface area contributed by atoms with Gasteiger partial charge in [-0.2, -0.15) is 0 Å². The van der Waals surface area contributed by atoms with Crippen LogP contribution in [0.4, 0.5) is 5.69 Å². The third-order valence-electron chi connectivity index (χ3n) is 3.96. The Hall–Kier alpha value is -2.73. The molecule has 150 valence electrons. The molecule has 6 nitrogen and oxygen atoms in total. The SMILES string of the molecule is CCOC(=O)c1cc(Cl)c(NC(=O)CCCOc2ccccc2C)cc1OC. The van der Waals surface area contributed by atoms with Crippen LogP contribution in [0.15, 0.2) is 36.4 Å². The molecule has 0 aliphatic heterocycles. The first-order valence-electron chi connectivity index (χ1n) is 8.99. The minimum absolute atomic E-state index is 0.207. The quantitative estimate of drug-likeness (QED) is 0.486. The van der Waals surface area contributed by atoms with E-state index >= 15 is 0 Å². The predicted molar refractivity (Wildman–Crippen MR) is 108 cm³/mol. The van der Waals surface area contributed by atoms with Crippen molar-refractivity contribution in [1.82, 2.24) is 0 Å². The second-order valence-corrected chi connectivity index (χ2v) is 6.43. The Balaban J connectivity index is 1.92. The van der Waals surface area contributed by atoms with Crippen molar-refractivity contribution >= 4 is 29.2 Å². The summed E-state index contributed by atoms with van der Waals surface area (Å²) in [6.45, 7) is 4.35. The monoisotopic (exact) mass is 405 g/mol. The maximum atomic E-state index is 12.2. The first kappa shape index (κ1) is 21.6. The third kappa shape index (κ3) is 5.89. The summed E-state index contributed by atoms with van der Waals surface area (Å²) in [6, 6.07) is 10.7. The molecular formula is C21H24ClNO5. The summed E-state index contributed by atoms with van der Waals surface area (Å²) in [5.74, 6) is 0.347. The fraction of sp³-hybridized carbons (Fsp3) is 0.333. The maximum Gasteiger partial charge on any atom is 0.341 e. The average Bonchev–Trinajstić information content (AvgIpc) is 2.68. The molecule has 0 heterocycles. The molecule has 0 spiro atoms. The van der Waals surface area contributed by atoms with Crippen molar-refractivity contribution in [3.8, 4) is 11.5 Å². The number of halogens is 1. The minimum Gasteiger partial charge on any atom is -0.496 e. The average molecular weight is 406 g/mol. The molecular weight excluding hydrogens is 382 g/mol. The van der Waals surface area contributed by atoms with Crippen LogP contribution in [0.25, 0.3) is 0 Å². The Labute approximate surface area is 169 Å². The van der Waals surface area contributed by atoms with E-state index in [0.717, 1.165) is 11.3 Å². The topological polar surface area (TPSA) is 73.9 Å². The number of benzene rings is 2. The van der Waals surface area contributed by atoms with E-state index in [9.17, 15) is 9.59 Å². The number of ether oxygens (including phenoxy) is 3. The number of methoxy groups -OCH3 is 1. The number of hydrogen-bond donors (Lipinski definition) is 1. The second kappa shape index (κ2) is 10.6. The molecule has 2 rings (SSSR count). The van der Waals surface area contributed by atoms with Gasteiger partial charge in [-0.3, -0.25) is 4.79 Å². The first-order chi connectivity index (χ1) is 13.5. The van der Waals surface area contributed by atoms with Crippen molar-refractivity contribution in [1.29, 1.82) is 0 Å². The molecule has 28 heavy (non-hydrogen) atoms. The van der Waals surface area contributed by atoms with Crippen molar-refractivity contribution in [2.75, 3.05) is 25.6 Å². The van der Waals surface area contributed by atoms with E-state index in [-0.39, 0.29) is 35.3 Å². The van der Waals surface area contributed by atoms with Crippen molar-refractivity contribution in [3.63, 3.8) is 0 Å². The number of para-hydroxylation sites is 1. The highest BCUT2D eigenvalue weighted by molar-refractivity contribution is 6.34. The molecule has 0 fully saturated rings. The number of carbonyl (C=O) groups is 2. The number of amides is 1.